The van der Waals surface area contributed by atoms with Crippen LogP contribution in [0.3, 0.4) is 0 Å². The molecule has 0 aliphatic carbocycles. The van der Waals surface area contributed by atoms with Crippen LogP contribution < -0.4 is 15.5 Å². The predicted octanol–water partition coefficient (Wildman–Crippen LogP) is 4.10. The molecule has 0 unspecified atom stereocenters. The molecule has 1 aromatic heterocycles. The Bertz CT molecular complexity index is 815. The summed E-state index contributed by atoms with van der Waals surface area (Å²) < 4.78 is 5.45. The second kappa shape index (κ2) is 12.4. The molecule has 0 atom stereocenters. The highest BCUT2D eigenvalue weighted by molar-refractivity contribution is 14.0. The number of anilines is 1. The maximum absolute atomic E-state index is 6.26. The summed E-state index contributed by atoms with van der Waals surface area (Å²) in [7, 11) is 0. The quantitative estimate of drug-likeness (QED) is 0.323. The average molecular weight is 550 g/mol. The van der Waals surface area contributed by atoms with E-state index < -0.39 is 0 Å². The van der Waals surface area contributed by atoms with Crippen LogP contribution in [-0.4, -0.2) is 43.8 Å². The van der Waals surface area contributed by atoms with Crippen molar-refractivity contribution in [2.24, 2.45) is 4.99 Å². The minimum Gasteiger partial charge on any atom is -0.378 e. The fourth-order valence-electron chi connectivity index (χ4n) is 2.96. The summed E-state index contributed by atoms with van der Waals surface area (Å²) in [4.78, 5) is 11.6. The van der Waals surface area contributed by atoms with Crippen LogP contribution in [-0.2, 0) is 17.8 Å². The molecule has 1 fully saturated rings. The van der Waals surface area contributed by atoms with E-state index in [0.717, 1.165) is 55.8 Å². The number of rotatable bonds is 6. The van der Waals surface area contributed by atoms with Gasteiger partial charge >= 0.3 is 0 Å². The van der Waals surface area contributed by atoms with Crippen LogP contribution in [0.1, 0.15) is 18.1 Å². The SMILES string of the molecule is CCNC(=NCc1cccnc1N1CCOCC1)NCc1ccc(Cl)cc1Cl.I. The molecule has 0 saturated carbocycles. The van der Waals surface area contributed by atoms with Crippen LogP contribution in [0.2, 0.25) is 10.0 Å². The normalized spacial score (nSPS) is 14.3. The van der Waals surface area contributed by atoms with Gasteiger partial charge in [0.15, 0.2) is 5.96 Å². The van der Waals surface area contributed by atoms with Crippen LogP contribution in [0.15, 0.2) is 41.5 Å². The molecule has 2 aromatic rings. The largest absolute Gasteiger partial charge is 0.378 e. The Balaban J connectivity index is 0.00000300. The number of morpholine rings is 1. The molecule has 0 spiro atoms. The van der Waals surface area contributed by atoms with E-state index in [1.807, 2.05) is 31.3 Å². The van der Waals surface area contributed by atoms with Gasteiger partial charge in [0.25, 0.3) is 0 Å². The van der Waals surface area contributed by atoms with Crippen molar-refractivity contribution in [1.82, 2.24) is 15.6 Å². The van der Waals surface area contributed by atoms with E-state index in [9.17, 15) is 0 Å². The van der Waals surface area contributed by atoms with Crippen molar-refractivity contribution in [3.05, 3.63) is 57.7 Å². The fraction of sp³-hybridized carbons (Fsp3) is 0.400. The van der Waals surface area contributed by atoms with Gasteiger partial charge in [-0.15, -0.1) is 24.0 Å². The second-order valence-corrected chi connectivity index (χ2v) is 7.21. The number of benzene rings is 1. The molecule has 3 rings (SSSR count). The number of pyridine rings is 1. The van der Waals surface area contributed by atoms with Crippen LogP contribution >= 0.6 is 47.2 Å². The fourth-order valence-corrected chi connectivity index (χ4v) is 3.44. The van der Waals surface area contributed by atoms with Gasteiger partial charge < -0.3 is 20.3 Å². The van der Waals surface area contributed by atoms with Crippen LogP contribution in [0, 0.1) is 0 Å². The molecule has 6 nitrogen and oxygen atoms in total. The van der Waals surface area contributed by atoms with Gasteiger partial charge in [-0.3, -0.25) is 0 Å². The zero-order valence-electron chi connectivity index (χ0n) is 16.3. The van der Waals surface area contributed by atoms with Crippen LogP contribution in [0.5, 0.6) is 0 Å². The highest BCUT2D eigenvalue weighted by atomic mass is 127. The number of guanidine groups is 1. The van der Waals surface area contributed by atoms with Gasteiger partial charge in [0.2, 0.25) is 0 Å². The number of hydrogen-bond donors (Lipinski definition) is 2. The van der Waals surface area contributed by atoms with Crippen molar-refractivity contribution in [3.63, 3.8) is 0 Å². The number of aromatic nitrogens is 1. The molecule has 0 radical (unpaired) electrons. The Morgan fingerprint density at radius 3 is 2.69 bits per heavy atom. The summed E-state index contributed by atoms with van der Waals surface area (Å²) in [5, 5.41) is 7.86. The van der Waals surface area contributed by atoms with Crippen molar-refractivity contribution in [2.45, 2.75) is 20.0 Å². The standard InChI is InChI=1S/C20H25Cl2N5O.HI/c1-2-23-20(25-13-15-5-6-17(21)12-18(15)22)26-14-16-4-3-7-24-19(16)27-8-10-28-11-9-27;/h3-7,12H,2,8-11,13-14H2,1H3,(H2,23,25,26);1H. The highest BCUT2D eigenvalue weighted by Crippen LogP contribution is 2.21. The van der Waals surface area contributed by atoms with E-state index in [1.165, 1.54) is 0 Å². The summed E-state index contributed by atoms with van der Waals surface area (Å²) in [6.07, 6.45) is 1.82. The van der Waals surface area contributed by atoms with Gasteiger partial charge in [-0.1, -0.05) is 35.3 Å². The third-order valence-electron chi connectivity index (χ3n) is 4.39. The lowest BCUT2D eigenvalue weighted by Crippen LogP contribution is -2.38. The van der Waals surface area contributed by atoms with Crippen molar-refractivity contribution in [3.8, 4) is 0 Å². The zero-order valence-corrected chi connectivity index (χ0v) is 20.2. The van der Waals surface area contributed by atoms with E-state index in [2.05, 4.69) is 26.6 Å². The first kappa shape index (κ1) is 24.0. The Morgan fingerprint density at radius 2 is 1.97 bits per heavy atom. The number of ether oxygens (including phenoxy) is 1. The summed E-state index contributed by atoms with van der Waals surface area (Å²) in [5.74, 6) is 1.71. The molecule has 0 amide bonds. The van der Waals surface area contributed by atoms with E-state index in [0.29, 0.717) is 23.1 Å². The molecule has 0 bridgehead atoms. The summed E-state index contributed by atoms with van der Waals surface area (Å²) >= 11 is 12.2. The van der Waals surface area contributed by atoms with Gasteiger partial charge in [0.1, 0.15) is 5.82 Å². The van der Waals surface area contributed by atoms with Crippen molar-refractivity contribution >= 4 is 59.0 Å². The Morgan fingerprint density at radius 1 is 1.17 bits per heavy atom. The molecule has 2 heterocycles. The molecule has 29 heavy (non-hydrogen) atoms. The maximum Gasteiger partial charge on any atom is 0.191 e. The van der Waals surface area contributed by atoms with Gasteiger partial charge in [0, 0.05) is 48.0 Å². The first-order valence-corrected chi connectivity index (χ1v) is 10.2. The van der Waals surface area contributed by atoms with Gasteiger partial charge in [-0.2, -0.15) is 0 Å². The number of aliphatic imine (C=N–C) groups is 1. The van der Waals surface area contributed by atoms with Crippen molar-refractivity contribution in [2.75, 3.05) is 37.7 Å². The number of nitrogens with zero attached hydrogens (tertiary/aromatic N) is 3. The summed E-state index contributed by atoms with van der Waals surface area (Å²) in [6, 6.07) is 9.51. The van der Waals surface area contributed by atoms with E-state index in [1.54, 1.807) is 6.07 Å². The molecule has 1 aliphatic rings. The molecule has 1 aliphatic heterocycles. The first-order valence-electron chi connectivity index (χ1n) is 9.40. The number of nitrogens with one attached hydrogen (secondary N) is 2. The van der Waals surface area contributed by atoms with Crippen LogP contribution in [0.4, 0.5) is 5.82 Å². The minimum atomic E-state index is 0. The molecule has 158 valence electrons. The second-order valence-electron chi connectivity index (χ2n) is 6.37. The van der Waals surface area contributed by atoms with Gasteiger partial charge in [0.05, 0.1) is 19.8 Å². The third kappa shape index (κ3) is 7.16. The molecule has 2 N–H and O–H groups in total. The lowest BCUT2D eigenvalue weighted by atomic mass is 10.2. The Hall–Kier alpha value is -1.29. The zero-order chi connectivity index (χ0) is 19.8. The molecular weight excluding hydrogens is 524 g/mol. The van der Waals surface area contributed by atoms with Gasteiger partial charge in [-0.25, -0.2) is 9.98 Å². The Labute approximate surface area is 199 Å². The lowest BCUT2D eigenvalue weighted by molar-refractivity contribution is 0.122. The first-order chi connectivity index (χ1) is 13.7. The van der Waals surface area contributed by atoms with Gasteiger partial charge in [-0.05, 0) is 30.7 Å². The smallest absolute Gasteiger partial charge is 0.191 e. The maximum atomic E-state index is 6.26. The lowest BCUT2D eigenvalue weighted by Gasteiger charge is -2.29. The van der Waals surface area contributed by atoms with E-state index in [-0.39, 0.29) is 24.0 Å². The van der Waals surface area contributed by atoms with E-state index in [4.69, 9.17) is 32.9 Å². The van der Waals surface area contributed by atoms with E-state index >= 15 is 0 Å². The number of halogens is 3. The minimum absolute atomic E-state index is 0. The predicted molar refractivity (Wildman–Crippen MR) is 131 cm³/mol. The molecule has 1 saturated heterocycles. The average Bonchev–Trinajstić information content (AvgIpc) is 2.72. The molecular formula is C20H26Cl2IN5O. The summed E-state index contributed by atoms with van der Waals surface area (Å²) in [6.45, 7) is 7.05. The van der Waals surface area contributed by atoms with Crippen LogP contribution in [0.25, 0.3) is 0 Å². The van der Waals surface area contributed by atoms with Crippen molar-refractivity contribution in [1.29, 1.82) is 0 Å². The topological polar surface area (TPSA) is 61.8 Å². The third-order valence-corrected chi connectivity index (χ3v) is 4.98. The molecule has 9 heteroatoms. The monoisotopic (exact) mass is 549 g/mol. The molecule has 1 aromatic carbocycles. The number of hydrogen-bond acceptors (Lipinski definition) is 4. The van der Waals surface area contributed by atoms with Crippen molar-refractivity contribution < 1.29 is 4.74 Å². The highest BCUT2D eigenvalue weighted by Gasteiger charge is 2.15. The summed E-state index contributed by atoms with van der Waals surface area (Å²) in [5.41, 5.74) is 2.05. The Kier molecular flexibility index (Phi) is 10.3.